The molecule has 0 spiro atoms. The van der Waals surface area contributed by atoms with Crippen LogP contribution in [0.25, 0.3) is 0 Å². The van der Waals surface area contributed by atoms with Crippen LogP contribution in [0, 0.1) is 0 Å². The van der Waals surface area contributed by atoms with Gasteiger partial charge in [0.05, 0.1) is 10.5 Å². The van der Waals surface area contributed by atoms with Crippen LogP contribution < -0.4 is 4.72 Å². The van der Waals surface area contributed by atoms with Crippen LogP contribution in [0.5, 0.6) is 0 Å². The molecule has 0 amide bonds. The van der Waals surface area contributed by atoms with E-state index in [1.54, 1.807) is 5.38 Å². The Bertz CT molecular complexity index is 583. The predicted molar refractivity (Wildman–Crippen MR) is 62.2 cm³/mol. The Morgan fingerprint density at radius 1 is 1.38 bits per heavy atom. The quantitative estimate of drug-likeness (QED) is 0.930. The van der Waals surface area contributed by atoms with E-state index in [1.807, 2.05) is 0 Å². The Labute approximate surface area is 101 Å². The molecule has 0 saturated carbocycles. The van der Waals surface area contributed by atoms with Gasteiger partial charge in [-0.25, -0.2) is 13.4 Å². The first-order chi connectivity index (χ1) is 7.58. The van der Waals surface area contributed by atoms with Gasteiger partial charge >= 0.3 is 0 Å². The smallest absolute Gasteiger partial charge is 0.263 e. The summed E-state index contributed by atoms with van der Waals surface area (Å²) < 4.78 is 25.9. The Morgan fingerprint density at radius 2 is 2.19 bits per heavy atom. The minimum absolute atomic E-state index is 0.00741. The van der Waals surface area contributed by atoms with Gasteiger partial charge in [0.25, 0.3) is 10.0 Å². The molecule has 0 atom stereocenters. The topological polar surface area (TPSA) is 72.0 Å². The monoisotopic (exact) mass is 275 g/mol. The first-order valence-electron chi connectivity index (χ1n) is 4.09. The summed E-state index contributed by atoms with van der Waals surface area (Å²) >= 11 is 6.96. The van der Waals surface area contributed by atoms with Crippen molar-refractivity contribution in [1.82, 2.24) is 9.97 Å². The molecule has 2 heterocycles. The highest BCUT2D eigenvalue weighted by atomic mass is 35.5. The van der Waals surface area contributed by atoms with Crippen molar-refractivity contribution >= 4 is 38.8 Å². The molecule has 2 aromatic heterocycles. The van der Waals surface area contributed by atoms with E-state index in [0.29, 0.717) is 0 Å². The van der Waals surface area contributed by atoms with E-state index in [2.05, 4.69) is 14.7 Å². The van der Waals surface area contributed by atoms with Gasteiger partial charge in [-0.15, -0.1) is 11.3 Å². The van der Waals surface area contributed by atoms with Crippen LogP contribution in [0.2, 0.25) is 5.02 Å². The summed E-state index contributed by atoms with van der Waals surface area (Å²) in [6.45, 7) is 0. The predicted octanol–water partition coefficient (Wildman–Crippen LogP) is 1.99. The summed E-state index contributed by atoms with van der Waals surface area (Å²) in [6.07, 6.45) is 2.59. The molecule has 0 aliphatic heterocycles. The largest absolute Gasteiger partial charge is 0.264 e. The molecule has 0 aliphatic rings. The van der Waals surface area contributed by atoms with Crippen molar-refractivity contribution in [3.8, 4) is 0 Å². The third-order valence-electron chi connectivity index (χ3n) is 1.66. The van der Waals surface area contributed by atoms with Crippen LogP contribution >= 0.6 is 22.9 Å². The van der Waals surface area contributed by atoms with Crippen LogP contribution in [0.1, 0.15) is 0 Å². The van der Waals surface area contributed by atoms with Crippen molar-refractivity contribution in [2.24, 2.45) is 0 Å². The molecular weight excluding hydrogens is 270 g/mol. The van der Waals surface area contributed by atoms with E-state index in [4.69, 9.17) is 11.6 Å². The van der Waals surface area contributed by atoms with Crippen LogP contribution in [0.15, 0.2) is 34.2 Å². The van der Waals surface area contributed by atoms with Gasteiger partial charge in [-0.1, -0.05) is 11.6 Å². The van der Waals surface area contributed by atoms with Gasteiger partial charge in [0, 0.05) is 17.8 Å². The molecule has 0 aromatic carbocycles. The maximum atomic E-state index is 11.8. The lowest BCUT2D eigenvalue weighted by Crippen LogP contribution is -2.13. The summed E-state index contributed by atoms with van der Waals surface area (Å²) in [5.41, 5.74) is 1.54. The lowest BCUT2D eigenvalue weighted by molar-refractivity contribution is 0.600. The molecule has 84 valence electrons. The molecule has 0 radical (unpaired) electrons. The second-order valence-corrected chi connectivity index (χ2v) is 5.66. The van der Waals surface area contributed by atoms with E-state index in [0.717, 1.165) is 0 Å². The van der Waals surface area contributed by atoms with Crippen LogP contribution in [0.3, 0.4) is 0 Å². The number of pyridine rings is 1. The lowest BCUT2D eigenvalue weighted by Gasteiger charge is -2.04. The maximum absolute atomic E-state index is 11.8. The lowest BCUT2D eigenvalue weighted by atomic mass is 10.5. The number of halogens is 1. The third kappa shape index (κ3) is 2.49. The highest BCUT2D eigenvalue weighted by Gasteiger charge is 2.15. The Balaban J connectivity index is 2.33. The number of anilines is 1. The number of thiazole rings is 1. The highest BCUT2D eigenvalue weighted by molar-refractivity contribution is 7.92. The minimum atomic E-state index is -3.66. The molecule has 2 aromatic rings. The molecule has 0 aliphatic carbocycles. The Hall–Kier alpha value is -1.18. The maximum Gasteiger partial charge on any atom is 0.264 e. The Kier molecular flexibility index (Phi) is 3.08. The average molecular weight is 276 g/mol. The van der Waals surface area contributed by atoms with Gasteiger partial charge in [-0.05, 0) is 6.07 Å². The number of nitrogens with zero attached hydrogens (tertiary/aromatic N) is 2. The molecule has 0 unspecified atom stereocenters. The normalized spacial score (nSPS) is 11.3. The fourth-order valence-electron chi connectivity index (χ4n) is 0.999. The zero-order valence-corrected chi connectivity index (χ0v) is 10.2. The van der Waals surface area contributed by atoms with Crippen molar-refractivity contribution in [3.63, 3.8) is 0 Å². The van der Waals surface area contributed by atoms with Crippen LogP contribution in [0.4, 0.5) is 5.82 Å². The highest BCUT2D eigenvalue weighted by Crippen LogP contribution is 2.17. The zero-order valence-electron chi connectivity index (χ0n) is 7.79. The van der Waals surface area contributed by atoms with E-state index in [-0.39, 0.29) is 15.7 Å². The number of hydrogen-bond donors (Lipinski definition) is 1. The van der Waals surface area contributed by atoms with Crippen molar-refractivity contribution in [1.29, 1.82) is 0 Å². The van der Waals surface area contributed by atoms with Crippen LogP contribution in [-0.4, -0.2) is 18.4 Å². The molecule has 5 nitrogen and oxygen atoms in total. The van der Waals surface area contributed by atoms with Gasteiger partial charge in [0.1, 0.15) is 4.90 Å². The second kappa shape index (κ2) is 4.36. The first-order valence-corrected chi connectivity index (χ1v) is 6.90. The zero-order chi connectivity index (χ0) is 11.6. The van der Waals surface area contributed by atoms with E-state index < -0.39 is 10.0 Å². The van der Waals surface area contributed by atoms with Crippen molar-refractivity contribution in [2.45, 2.75) is 4.90 Å². The standard InChI is InChI=1S/C8H6ClN3O2S2/c9-6-1-7(3-10-2-6)16(13,14)12-8-4-15-5-11-8/h1-5,12H. The third-order valence-corrected chi connectivity index (χ3v) is 3.78. The SMILES string of the molecule is O=S(=O)(Nc1cscn1)c1cncc(Cl)c1. The summed E-state index contributed by atoms with van der Waals surface area (Å²) in [5, 5.41) is 1.86. The summed E-state index contributed by atoms with van der Waals surface area (Å²) in [7, 11) is -3.66. The van der Waals surface area contributed by atoms with Gasteiger partial charge in [-0.2, -0.15) is 0 Å². The molecule has 0 bridgehead atoms. The fraction of sp³-hybridized carbons (Fsp3) is 0. The molecule has 1 N–H and O–H groups in total. The molecule has 8 heteroatoms. The molecule has 0 saturated heterocycles. The Morgan fingerprint density at radius 3 is 2.81 bits per heavy atom. The molecule has 2 rings (SSSR count). The van der Waals surface area contributed by atoms with Crippen LogP contribution in [-0.2, 0) is 10.0 Å². The summed E-state index contributed by atoms with van der Waals surface area (Å²) in [5.74, 6) is 0.282. The number of sulfonamides is 1. The molecular formula is C8H6ClN3O2S2. The molecule has 16 heavy (non-hydrogen) atoms. The first kappa shape index (κ1) is 11.3. The summed E-state index contributed by atoms with van der Waals surface area (Å²) in [4.78, 5) is 7.54. The van der Waals surface area contributed by atoms with Crippen molar-refractivity contribution < 1.29 is 8.42 Å². The number of hydrogen-bond acceptors (Lipinski definition) is 5. The second-order valence-electron chi connectivity index (χ2n) is 2.82. The van der Waals surface area contributed by atoms with E-state index in [1.165, 1.54) is 35.3 Å². The van der Waals surface area contributed by atoms with E-state index >= 15 is 0 Å². The van der Waals surface area contributed by atoms with Gasteiger partial charge in [-0.3, -0.25) is 9.71 Å². The van der Waals surface area contributed by atoms with Gasteiger partial charge < -0.3 is 0 Å². The average Bonchev–Trinajstić information content (AvgIpc) is 2.70. The number of nitrogens with one attached hydrogen (secondary N) is 1. The van der Waals surface area contributed by atoms with Gasteiger partial charge in [0.15, 0.2) is 5.82 Å². The van der Waals surface area contributed by atoms with Crippen molar-refractivity contribution in [3.05, 3.63) is 34.4 Å². The van der Waals surface area contributed by atoms with Gasteiger partial charge in [0.2, 0.25) is 0 Å². The van der Waals surface area contributed by atoms with Crippen molar-refractivity contribution in [2.75, 3.05) is 4.72 Å². The summed E-state index contributed by atoms with van der Waals surface area (Å²) in [6, 6.07) is 1.32. The minimum Gasteiger partial charge on any atom is -0.263 e. The number of aromatic nitrogens is 2. The number of rotatable bonds is 3. The molecule has 0 fully saturated rings. The fourth-order valence-corrected chi connectivity index (χ4v) is 2.78. The van der Waals surface area contributed by atoms with E-state index in [9.17, 15) is 8.42 Å².